The van der Waals surface area contributed by atoms with Crippen molar-refractivity contribution in [2.75, 3.05) is 30.9 Å². The molecular formula is C21H29N5O3S. The highest BCUT2D eigenvalue weighted by molar-refractivity contribution is 7.99. The Morgan fingerprint density at radius 1 is 1.17 bits per heavy atom. The molecule has 162 valence electrons. The number of ether oxygens (including phenoxy) is 1. The van der Waals surface area contributed by atoms with Crippen molar-refractivity contribution in [2.45, 2.75) is 57.7 Å². The number of carbonyl (C=O) groups is 2. The molecule has 0 bridgehead atoms. The fourth-order valence-corrected chi connectivity index (χ4v) is 4.96. The van der Waals surface area contributed by atoms with Crippen molar-refractivity contribution in [1.82, 2.24) is 19.7 Å². The molecular weight excluding hydrogens is 402 g/mol. The molecule has 0 spiro atoms. The van der Waals surface area contributed by atoms with E-state index in [-0.39, 0.29) is 11.5 Å². The minimum absolute atomic E-state index is 0.0607. The summed E-state index contributed by atoms with van der Waals surface area (Å²) in [6, 6.07) is 0.437. The lowest BCUT2D eigenvalue weighted by atomic mass is 10.00. The van der Waals surface area contributed by atoms with Crippen molar-refractivity contribution in [3.63, 3.8) is 0 Å². The molecule has 2 aromatic heterocycles. The van der Waals surface area contributed by atoms with E-state index in [1.165, 1.54) is 31.7 Å². The number of thioether (sulfide) groups is 1. The van der Waals surface area contributed by atoms with Gasteiger partial charge < -0.3 is 14.6 Å². The summed E-state index contributed by atoms with van der Waals surface area (Å²) < 4.78 is 7.06. The third-order valence-electron chi connectivity index (χ3n) is 6.06. The maximum atomic E-state index is 12.9. The number of hydrogen-bond donors (Lipinski definition) is 1. The monoisotopic (exact) mass is 431 g/mol. The molecule has 0 aromatic carbocycles. The molecule has 4 rings (SSSR count). The number of aryl methyl sites for hydroxylation is 1. The van der Waals surface area contributed by atoms with Crippen molar-refractivity contribution in [3.8, 4) is 0 Å². The van der Waals surface area contributed by atoms with Crippen molar-refractivity contribution < 1.29 is 14.3 Å². The van der Waals surface area contributed by atoms with Gasteiger partial charge in [0.05, 0.1) is 24.1 Å². The van der Waals surface area contributed by atoms with Gasteiger partial charge in [0.1, 0.15) is 0 Å². The molecule has 2 aliphatic rings. The number of esters is 1. The van der Waals surface area contributed by atoms with Crippen molar-refractivity contribution in [3.05, 3.63) is 22.5 Å². The van der Waals surface area contributed by atoms with Crippen molar-refractivity contribution >= 4 is 29.5 Å². The zero-order valence-electron chi connectivity index (χ0n) is 18.0. The van der Waals surface area contributed by atoms with Crippen LogP contribution in [0.25, 0.3) is 0 Å². The van der Waals surface area contributed by atoms with E-state index in [1.54, 1.807) is 13.8 Å². The fourth-order valence-electron chi connectivity index (χ4n) is 4.08. The quantitative estimate of drug-likeness (QED) is 0.407. The van der Waals surface area contributed by atoms with Gasteiger partial charge >= 0.3 is 5.97 Å². The van der Waals surface area contributed by atoms with Crippen LogP contribution in [0, 0.1) is 19.8 Å². The number of methoxy groups -OCH3 is 1. The van der Waals surface area contributed by atoms with Gasteiger partial charge in [-0.25, -0.2) is 4.79 Å². The van der Waals surface area contributed by atoms with E-state index in [2.05, 4.69) is 31.6 Å². The van der Waals surface area contributed by atoms with E-state index in [0.29, 0.717) is 28.6 Å². The Hall–Kier alpha value is -2.29. The fraction of sp³-hybridized carbons (Fsp3) is 0.619. The highest BCUT2D eigenvalue weighted by Gasteiger charge is 2.33. The van der Waals surface area contributed by atoms with Gasteiger partial charge in [-0.3, -0.25) is 9.36 Å². The predicted octanol–water partition coefficient (Wildman–Crippen LogP) is 3.56. The Kier molecular flexibility index (Phi) is 5.90. The predicted molar refractivity (Wildman–Crippen MR) is 116 cm³/mol. The second kappa shape index (κ2) is 8.45. The van der Waals surface area contributed by atoms with Crippen molar-refractivity contribution in [1.29, 1.82) is 0 Å². The molecule has 0 amide bonds. The van der Waals surface area contributed by atoms with Crippen LogP contribution in [-0.4, -0.2) is 57.5 Å². The van der Waals surface area contributed by atoms with E-state index in [1.807, 2.05) is 0 Å². The number of carbonyl (C=O) groups excluding carboxylic acids is 2. The molecule has 0 unspecified atom stereocenters. The summed E-state index contributed by atoms with van der Waals surface area (Å²) in [5.74, 6) is 1.45. The first-order valence-corrected chi connectivity index (χ1v) is 11.5. The number of ketones is 1. The average Bonchev–Trinajstić information content (AvgIpc) is 3.41. The molecule has 30 heavy (non-hydrogen) atoms. The topological polar surface area (TPSA) is 93.1 Å². The van der Waals surface area contributed by atoms with Crippen LogP contribution in [0.1, 0.15) is 70.8 Å². The lowest BCUT2D eigenvalue weighted by Crippen LogP contribution is -2.34. The van der Waals surface area contributed by atoms with Crippen LogP contribution in [-0.2, 0) is 4.74 Å². The highest BCUT2D eigenvalue weighted by atomic mass is 32.2. The first-order valence-electron chi connectivity index (χ1n) is 10.5. The van der Waals surface area contributed by atoms with Crippen molar-refractivity contribution in [2.24, 2.45) is 5.92 Å². The second-order valence-corrected chi connectivity index (χ2v) is 9.32. The largest absolute Gasteiger partial charge is 0.465 e. The molecule has 1 saturated heterocycles. The molecule has 8 nitrogen and oxygen atoms in total. The van der Waals surface area contributed by atoms with E-state index in [4.69, 9.17) is 4.74 Å². The first kappa shape index (κ1) is 21.0. The number of Topliss-reactive ketones (excluding diaryl/α,β-unsaturated/α-hetero) is 1. The standard InChI is InChI=1S/C21H29N5O3S/c1-12-7-9-25(10-8-12)20-23-24-21(26(20)15-5-6-15)30-11-16(27)18-13(2)17(14(3)22-18)19(28)29-4/h12,15,22H,5-11H2,1-4H3. The maximum Gasteiger partial charge on any atom is 0.339 e. The molecule has 2 aromatic rings. The van der Waals surface area contributed by atoms with Crippen LogP contribution >= 0.6 is 11.8 Å². The zero-order valence-corrected chi connectivity index (χ0v) is 18.8. The first-order chi connectivity index (χ1) is 14.4. The summed E-state index contributed by atoms with van der Waals surface area (Å²) in [6.07, 6.45) is 4.61. The Bertz CT molecular complexity index is 954. The molecule has 0 atom stereocenters. The van der Waals surface area contributed by atoms with Gasteiger partial charge in [-0.05, 0) is 51.0 Å². The van der Waals surface area contributed by atoms with E-state index >= 15 is 0 Å². The lowest BCUT2D eigenvalue weighted by molar-refractivity contribution is 0.0599. The summed E-state index contributed by atoms with van der Waals surface area (Å²) >= 11 is 1.42. The number of aromatic amines is 1. The van der Waals surface area contributed by atoms with Crippen LogP contribution in [0.2, 0.25) is 0 Å². The number of hydrogen-bond acceptors (Lipinski definition) is 7. The SMILES string of the molecule is COC(=O)c1c(C)[nH]c(C(=O)CSc2nnc(N3CCC(C)CC3)n2C2CC2)c1C. The number of piperidine rings is 1. The third-order valence-corrected chi connectivity index (χ3v) is 7.01. The van der Waals surface area contributed by atoms with Gasteiger partial charge in [0.25, 0.3) is 0 Å². The van der Waals surface area contributed by atoms with Crippen LogP contribution in [0.4, 0.5) is 5.95 Å². The molecule has 1 saturated carbocycles. The molecule has 1 N–H and O–H groups in total. The van der Waals surface area contributed by atoms with Crippen LogP contribution in [0.3, 0.4) is 0 Å². The molecule has 0 radical (unpaired) electrons. The zero-order chi connectivity index (χ0) is 21.4. The number of nitrogens with zero attached hydrogens (tertiary/aromatic N) is 4. The summed E-state index contributed by atoms with van der Waals surface area (Å²) in [7, 11) is 1.34. The molecule has 3 heterocycles. The van der Waals surface area contributed by atoms with E-state index in [0.717, 1.165) is 43.0 Å². The van der Waals surface area contributed by atoms with Crippen LogP contribution in [0.15, 0.2) is 5.16 Å². The normalized spacial score (nSPS) is 17.4. The molecule has 2 fully saturated rings. The van der Waals surface area contributed by atoms with Gasteiger partial charge in [0.2, 0.25) is 5.95 Å². The summed E-state index contributed by atoms with van der Waals surface area (Å²) in [5.41, 5.74) is 2.18. The third kappa shape index (κ3) is 3.99. The van der Waals surface area contributed by atoms with Gasteiger partial charge in [0, 0.05) is 24.8 Å². The van der Waals surface area contributed by atoms with Gasteiger partial charge in [-0.15, -0.1) is 10.2 Å². The van der Waals surface area contributed by atoms with Gasteiger partial charge in [-0.1, -0.05) is 18.7 Å². The Labute approximate surface area is 180 Å². The molecule has 1 aliphatic heterocycles. The van der Waals surface area contributed by atoms with Gasteiger partial charge in [-0.2, -0.15) is 0 Å². The van der Waals surface area contributed by atoms with E-state index in [9.17, 15) is 9.59 Å². The average molecular weight is 432 g/mol. The Morgan fingerprint density at radius 3 is 2.50 bits per heavy atom. The van der Waals surface area contributed by atoms with Crippen LogP contribution in [0.5, 0.6) is 0 Å². The number of H-pyrrole nitrogens is 1. The molecule has 1 aliphatic carbocycles. The number of anilines is 1. The lowest BCUT2D eigenvalue weighted by Gasteiger charge is -2.31. The summed E-state index contributed by atoms with van der Waals surface area (Å²) in [5, 5.41) is 9.71. The van der Waals surface area contributed by atoms with E-state index < -0.39 is 5.97 Å². The van der Waals surface area contributed by atoms with Gasteiger partial charge in [0.15, 0.2) is 10.9 Å². The smallest absolute Gasteiger partial charge is 0.339 e. The van der Waals surface area contributed by atoms with Crippen LogP contribution < -0.4 is 4.90 Å². The maximum absolute atomic E-state index is 12.9. The molecule has 9 heteroatoms. The highest BCUT2D eigenvalue weighted by Crippen LogP contribution is 2.41. The minimum atomic E-state index is -0.429. The minimum Gasteiger partial charge on any atom is -0.465 e. The Morgan fingerprint density at radius 2 is 1.87 bits per heavy atom. The number of nitrogens with one attached hydrogen (secondary N) is 1. The summed E-state index contributed by atoms with van der Waals surface area (Å²) in [4.78, 5) is 30.3. The number of aromatic nitrogens is 4. The number of rotatable bonds is 7. The Balaban J connectivity index is 1.49. The summed E-state index contributed by atoms with van der Waals surface area (Å²) in [6.45, 7) is 7.86. The second-order valence-electron chi connectivity index (χ2n) is 8.38.